The average molecular weight is 252 g/mol. The number of ether oxygens (including phenoxy) is 1. The van der Waals surface area contributed by atoms with Gasteiger partial charge in [-0.15, -0.1) is 0 Å². The lowest BCUT2D eigenvalue weighted by atomic mass is 10.1. The lowest BCUT2D eigenvalue weighted by Gasteiger charge is -2.11. The molecule has 2 aromatic rings. The second-order valence-electron chi connectivity index (χ2n) is 3.90. The van der Waals surface area contributed by atoms with Crippen molar-refractivity contribution < 1.29 is 13.5 Å². The lowest BCUT2D eigenvalue weighted by Crippen LogP contribution is -2.10. The molecule has 0 aliphatic carbocycles. The van der Waals surface area contributed by atoms with Gasteiger partial charge in [0.25, 0.3) is 5.92 Å². The van der Waals surface area contributed by atoms with Crippen molar-refractivity contribution in [2.75, 3.05) is 7.11 Å². The van der Waals surface area contributed by atoms with E-state index in [9.17, 15) is 8.78 Å². The molecule has 0 saturated heterocycles. The number of halogens is 2. The molecule has 2 rings (SSSR count). The van der Waals surface area contributed by atoms with Crippen LogP contribution in [0.25, 0.3) is 5.69 Å². The van der Waals surface area contributed by atoms with Crippen LogP contribution in [-0.2, 0) is 5.92 Å². The van der Waals surface area contributed by atoms with E-state index in [1.165, 1.54) is 31.1 Å². The Labute approximate surface area is 104 Å². The van der Waals surface area contributed by atoms with Crippen LogP contribution < -0.4 is 4.74 Å². The van der Waals surface area contributed by atoms with Gasteiger partial charge in [0, 0.05) is 12.6 Å². The molecule has 3 nitrogen and oxygen atoms in total. The Bertz CT molecular complexity index is 537. The summed E-state index contributed by atoms with van der Waals surface area (Å²) in [6.45, 7) is 1.44. The summed E-state index contributed by atoms with van der Waals surface area (Å²) < 4.78 is 33.6. The maximum Gasteiger partial charge on any atom is 0.276 e. The highest BCUT2D eigenvalue weighted by Gasteiger charge is 2.30. The van der Waals surface area contributed by atoms with E-state index < -0.39 is 5.92 Å². The van der Waals surface area contributed by atoms with Crippen LogP contribution >= 0.6 is 0 Å². The zero-order valence-electron chi connectivity index (χ0n) is 10.2. The van der Waals surface area contributed by atoms with E-state index in [2.05, 4.69) is 5.10 Å². The molecule has 0 saturated carbocycles. The van der Waals surface area contributed by atoms with Gasteiger partial charge in [-0.3, -0.25) is 0 Å². The Morgan fingerprint density at radius 1 is 1.33 bits per heavy atom. The molecule has 1 heterocycles. The quantitative estimate of drug-likeness (QED) is 0.834. The maximum absolute atomic E-state index is 13.5. The van der Waals surface area contributed by atoms with Crippen molar-refractivity contribution in [3.8, 4) is 11.4 Å². The van der Waals surface area contributed by atoms with Crippen molar-refractivity contribution in [1.29, 1.82) is 0 Å². The minimum atomic E-state index is -2.85. The average Bonchev–Trinajstić information content (AvgIpc) is 2.89. The highest BCUT2D eigenvalue weighted by Crippen LogP contribution is 2.32. The third-order valence-corrected chi connectivity index (χ3v) is 2.78. The first-order valence-corrected chi connectivity index (χ1v) is 5.65. The molecule has 0 radical (unpaired) electrons. The Balaban J connectivity index is 2.41. The Kier molecular flexibility index (Phi) is 3.32. The first-order chi connectivity index (χ1) is 8.58. The standard InChI is InChI=1S/C13H14F2N2O/c1-3-13(14,15)10-8-16-17(9-10)11-6-4-5-7-12(11)18-2/h4-9H,3H2,1-2H3. The first-order valence-electron chi connectivity index (χ1n) is 5.65. The van der Waals surface area contributed by atoms with Gasteiger partial charge in [-0.05, 0) is 12.1 Å². The molecule has 0 unspecified atom stereocenters. The maximum atomic E-state index is 13.5. The molecule has 0 N–H and O–H groups in total. The number of benzene rings is 1. The number of aromatic nitrogens is 2. The third kappa shape index (κ3) is 2.20. The zero-order valence-corrected chi connectivity index (χ0v) is 10.2. The van der Waals surface area contributed by atoms with Crippen LogP contribution in [0.2, 0.25) is 0 Å². The number of alkyl halides is 2. The number of methoxy groups -OCH3 is 1. The summed E-state index contributed by atoms with van der Waals surface area (Å²) >= 11 is 0. The number of para-hydroxylation sites is 2. The molecule has 0 spiro atoms. The predicted molar refractivity (Wildman–Crippen MR) is 64.3 cm³/mol. The van der Waals surface area contributed by atoms with E-state index in [1.807, 2.05) is 6.07 Å². The molecule has 0 fully saturated rings. The van der Waals surface area contributed by atoms with Crippen LogP contribution in [0.3, 0.4) is 0 Å². The van der Waals surface area contributed by atoms with E-state index in [0.29, 0.717) is 11.4 Å². The van der Waals surface area contributed by atoms with Gasteiger partial charge in [0.1, 0.15) is 11.4 Å². The Morgan fingerprint density at radius 2 is 2.06 bits per heavy atom. The molecule has 0 aliphatic heterocycles. The molecule has 96 valence electrons. The molecule has 0 bridgehead atoms. The van der Waals surface area contributed by atoms with Crippen molar-refractivity contribution in [2.45, 2.75) is 19.3 Å². The minimum absolute atomic E-state index is 0.0871. The van der Waals surface area contributed by atoms with Crippen molar-refractivity contribution in [2.24, 2.45) is 0 Å². The van der Waals surface area contributed by atoms with Gasteiger partial charge in [-0.25, -0.2) is 13.5 Å². The monoisotopic (exact) mass is 252 g/mol. The lowest BCUT2D eigenvalue weighted by molar-refractivity contribution is -0.00831. The number of rotatable bonds is 4. The summed E-state index contributed by atoms with van der Waals surface area (Å²) in [5, 5.41) is 3.97. The largest absolute Gasteiger partial charge is 0.494 e. The van der Waals surface area contributed by atoms with E-state index in [-0.39, 0.29) is 12.0 Å². The van der Waals surface area contributed by atoms with E-state index in [0.717, 1.165) is 0 Å². The van der Waals surface area contributed by atoms with Crippen molar-refractivity contribution in [3.05, 3.63) is 42.2 Å². The molecule has 1 aromatic carbocycles. The van der Waals surface area contributed by atoms with E-state index in [4.69, 9.17) is 4.74 Å². The van der Waals surface area contributed by atoms with Crippen molar-refractivity contribution in [1.82, 2.24) is 9.78 Å². The van der Waals surface area contributed by atoms with Gasteiger partial charge in [0.15, 0.2) is 0 Å². The molecular weight excluding hydrogens is 238 g/mol. The molecule has 0 aliphatic rings. The van der Waals surface area contributed by atoms with Gasteiger partial charge < -0.3 is 4.74 Å². The summed E-state index contributed by atoms with van der Waals surface area (Å²) in [5.41, 5.74) is 0.550. The Hall–Kier alpha value is -1.91. The van der Waals surface area contributed by atoms with Crippen molar-refractivity contribution in [3.63, 3.8) is 0 Å². The van der Waals surface area contributed by atoms with Crippen LogP contribution in [0.1, 0.15) is 18.9 Å². The third-order valence-electron chi connectivity index (χ3n) is 2.78. The molecule has 0 atom stereocenters. The summed E-state index contributed by atoms with van der Waals surface area (Å²) in [6.07, 6.45) is 2.28. The first kappa shape index (κ1) is 12.5. The molecular formula is C13H14F2N2O. The molecule has 0 amide bonds. The van der Waals surface area contributed by atoms with Gasteiger partial charge in [0.05, 0.1) is 18.9 Å². The molecule has 5 heteroatoms. The smallest absolute Gasteiger partial charge is 0.276 e. The van der Waals surface area contributed by atoms with Crippen LogP contribution in [0.15, 0.2) is 36.7 Å². The predicted octanol–water partition coefficient (Wildman–Crippen LogP) is 3.38. The second-order valence-corrected chi connectivity index (χ2v) is 3.90. The van der Waals surface area contributed by atoms with Gasteiger partial charge in [-0.2, -0.15) is 5.10 Å². The number of nitrogens with zero attached hydrogens (tertiary/aromatic N) is 2. The highest BCUT2D eigenvalue weighted by atomic mass is 19.3. The van der Waals surface area contributed by atoms with Gasteiger partial charge in [-0.1, -0.05) is 19.1 Å². The zero-order chi connectivity index (χ0) is 13.2. The summed E-state index contributed by atoms with van der Waals surface area (Å²) in [4.78, 5) is 0. The number of hydrogen-bond donors (Lipinski definition) is 0. The number of hydrogen-bond acceptors (Lipinski definition) is 2. The SMILES string of the molecule is CCC(F)(F)c1cnn(-c2ccccc2OC)c1. The minimum Gasteiger partial charge on any atom is -0.494 e. The fourth-order valence-corrected chi connectivity index (χ4v) is 1.67. The summed E-state index contributed by atoms with van der Waals surface area (Å²) in [5.74, 6) is -2.26. The Morgan fingerprint density at radius 3 is 2.72 bits per heavy atom. The van der Waals surface area contributed by atoms with Gasteiger partial charge in [0.2, 0.25) is 0 Å². The van der Waals surface area contributed by atoms with Crippen LogP contribution in [-0.4, -0.2) is 16.9 Å². The topological polar surface area (TPSA) is 27.1 Å². The highest BCUT2D eigenvalue weighted by molar-refractivity contribution is 5.46. The van der Waals surface area contributed by atoms with Gasteiger partial charge >= 0.3 is 0 Å². The van der Waals surface area contributed by atoms with Crippen LogP contribution in [0, 0.1) is 0 Å². The van der Waals surface area contributed by atoms with E-state index in [1.54, 1.807) is 18.2 Å². The summed E-state index contributed by atoms with van der Waals surface area (Å²) in [7, 11) is 1.53. The fourth-order valence-electron chi connectivity index (χ4n) is 1.67. The van der Waals surface area contributed by atoms with Crippen LogP contribution in [0.5, 0.6) is 5.75 Å². The van der Waals surface area contributed by atoms with Crippen molar-refractivity contribution >= 4 is 0 Å². The summed E-state index contributed by atoms with van der Waals surface area (Å²) in [6, 6.07) is 7.14. The fraction of sp³-hybridized carbons (Fsp3) is 0.308. The second kappa shape index (κ2) is 4.76. The normalized spacial score (nSPS) is 11.6. The van der Waals surface area contributed by atoms with Crippen LogP contribution in [0.4, 0.5) is 8.78 Å². The molecule has 1 aromatic heterocycles. The molecule has 18 heavy (non-hydrogen) atoms. The van der Waals surface area contributed by atoms with E-state index >= 15 is 0 Å².